The summed E-state index contributed by atoms with van der Waals surface area (Å²) < 4.78 is 0. The minimum Gasteiger partial charge on any atom is -0.366 e. The Kier molecular flexibility index (Phi) is 5.87. The summed E-state index contributed by atoms with van der Waals surface area (Å²) in [4.78, 5) is 22.1. The van der Waals surface area contributed by atoms with Gasteiger partial charge in [0.25, 0.3) is 0 Å². The summed E-state index contributed by atoms with van der Waals surface area (Å²) in [5, 5.41) is 2.69. The first kappa shape index (κ1) is 14.2. The van der Waals surface area contributed by atoms with E-state index in [2.05, 4.69) is 5.32 Å². The Morgan fingerprint density at radius 1 is 1.22 bits per heavy atom. The third-order valence-electron chi connectivity index (χ3n) is 2.45. The number of hydrogen-bond donors (Lipinski definition) is 3. The zero-order valence-electron chi connectivity index (χ0n) is 10.2. The number of rotatable bonds is 7. The van der Waals surface area contributed by atoms with Crippen LogP contribution >= 0.6 is 0 Å². The predicted octanol–water partition coefficient (Wildman–Crippen LogP) is 0.345. The van der Waals surface area contributed by atoms with Gasteiger partial charge in [-0.2, -0.15) is 0 Å². The molecule has 0 aliphatic carbocycles. The van der Waals surface area contributed by atoms with Gasteiger partial charge in [-0.25, -0.2) is 0 Å². The molecule has 0 aliphatic rings. The average Bonchev–Trinajstić information content (AvgIpc) is 2.37. The molecular formula is C13H18N3O2. The first-order valence-electron chi connectivity index (χ1n) is 5.83. The normalized spacial score (nSPS) is 10.1. The molecule has 5 N–H and O–H groups in total. The summed E-state index contributed by atoms with van der Waals surface area (Å²) in [5.74, 6) is -0.477. The molecular weight excluding hydrogens is 230 g/mol. The minimum absolute atomic E-state index is 0.0331. The molecule has 0 spiro atoms. The smallest absolute Gasteiger partial charge is 0.248 e. The van der Waals surface area contributed by atoms with Crippen molar-refractivity contribution in [3.05, 3.63) is 41.9 Å². The van der Waals surface area contributed by atoms with E-state index in [0.717, 1.165) is 5.56 Å². The molecule has 0 bridgehead atoms. The van der Waals surface area contributed by atoms with Crippen molar-refractivity contribution in [1.82, 2.24) is 5.32 Å². The molecule has 0 heterocycles. The second kappa shape index (κ2) is 7.45. The second-order valence-electron chi connectivity index (χ2n) is 3.93. The SMILES string of the molecule is NCCCC(=O)N[CH]Cc1ccc(C(N)=O)cc1. The van der Waals surface area contributed by atoms with Crippen LogP contribution in [-0.4, -0.2) is 18.4 Å². The van der Waals surface area contributed by atoms with Crippen LogP contribution in [-0.2, 0) is 11.2 Å². The lowest BCUT2D eigenvalue weighted by Crippen LogP contribution is -2.22. The van der Waals surface area contributed by atoms with Gasteiger partial charge >= 0.3 is 0 Å². The van der Waals surface area contributed by atoms with E-state index in [1.807, 2.05) is 12.1 Å². The number of amides is 2. The molecule has 0 unspecified atom stereocenters. The van der Waals surface area contributed by atoms with E-state index >= 15 is 0 Å². The summed E-state index contributed by atoms with van der Waals surface area (Å²) in [6.45, 7) is 2.21. The van der Waals surface area contributed by atoms with Gasteiger partial charge in [-0.1, -0.05) is 12.1 Å². The maximum Gasteiger partial charge on any atom is 0.248 e. The highest BCUT2D eigenvalue weighted by Crippen LogP contribution is 2.05. The molecule has 1 aromatic rings. The summed E-state index contributed by atoms with van der Waals surface area (Å²) >= 11 is 0. The van der Waals surface area contributed by atoms with Crippen LogP contribution in [0.4, 0.5) is 0 Å². The minimum atomic E-state index is -0.444. The van der Waals surface area contributed by atoms with Gasteiger partial charge in [0.15, 0.2) is 0 Å². The van der Waals surface area contributed by atoms with Crippen LogP contribution in [0.2, 0.25) is 0 Å². The predicted molar refractivity (Wildman–Crippen MR) is 69.4 cm³/mol. The summed E-state index contributed by atoms with van der Waals surface area (Å²) in [6.07, 6.45) is 1.73. The molecule has 0 aromatic heterocycles. The van der Waals surface area contributed by atoms with Crippen molar-refractivity contribution in [2.24, 2.45) is 11.5 Å². The fourth-order valence-electron chi connectivity index (χ4n) is 1.42. The Hall–Kier alpha value is -1.88. The van der Waals surface area contributed by atoms with Crippen molar-refractivity contribution in [2.45, 2.75) is 19.3 Å². The molecule has 0 fully saturated rings. The van der Waals surface area contributed by atoms with Crippen LogP contribution in [0.3, 0.4) is 0 Å². The van der Waals surface area contributed by atoms with E-state index in [-0.39, 0.29) is 5.91 Å². The lowest BCUT2D eigenvalue weighted by atomic mass is 10.1. The van der Waals surface area contributed by atoms with Crippen LogP contribution in [0.1, 0.15) is 28.8 Å². The lowest BCUT2D eigenvalue weighted by Gasteiger charge is -2.04. The lowest BCUT2D eigenvalue weighted by molar-refractivity contribution is -0.120. The van der Waals surface area contributed by atoms with E-state index in [0.29, 0.717) is 31.4 Å². The monoisotopic (exact) mass is 248 g/mol. The van der Waals surface area contributed by atoms with Gasteiger partial charge in [-0.15, -0.1) is 0 Å². The number of carbonyl (C=O) groups is 2. The molecule has 0 aliphatic heterocycles. The Balaban J connectivity index is 2.31. The van der Waals surface area contributed by atoms with Gasteiger partial charge < -0.3 is 16.8 Å². The number of hydrogen-bond acceptors (Lipinski definition) is 3. The average molecular weight is 248 g/mol. The number of nitrogens with one attached hydrogen (secondary N) is 1. The standard InChI is InChI=1S/C13H18N3O2/c14-8-1-2-12(17)16-9-7-10-3-5-11(6-4-10)13(15)18/h3-6,9H,1-2,7-8,14H2,(H2,15,18)(H,16,17). The summed E-state index contributed by atoms with van der Waals surface area (Å²) in [6, 6.07) is 6.95. The van der Waals surface area contributed by atoms with Gasteiger partial charge in [0, 0.05) is 12.0 Å². The van der Waals surface area contributed by atoms with E-state index in [1.165, 1.54) is 0 Å². The Morgan fingerprint density at radius 2 is 1.89 bits per heavy atom. The first-order chi connectivity index (χ1) is 8.63. The van der Waals surface area contributed by atoms with Crippen molar-refractivity contribution < 1.29 is 9.59 Å². The molecule has 5 nitrogen and oxygen atoms in total. The van der Waals surface area contributed by atoms with Crippen molar-refractivity contribution >= 4 is 11.8 Å². The van der Waals surface area contributed by atoms with Crippen molar-refractivity contribution in [1.29, 1.82) is 0 Å². The van der Waals surface area contributed by atoms with Crippen molar-refractivity contribution in [2.75, 3.05) is 6.54 Å². The van der Waals surface area contributed by atoms with Crippen LogP contribution in [0.5, 0.6) is 0 Å². The Morgan fingerprint density at radius 3 is 2.44 bits per heavy atom. The molecule has 0 saturated carbocycles. The zero-order valence-corrected chi connectivity index (χ0v) is 10.2. The fraction of sp³-hybridized carbons (Fsp3) is 0.308. The van der Waals surface area contributed by atoms with Crippen LogP contribution in [0, 0.1) is 6.54 Å². The molecule has 1 radical (unpaired) electrons. The number of primary amides is 1. The van der Waals surface area contributed by atoms with E-state index in [9.17, 15) is 9.59 Å². The summed E-state index contributed by atoms with van der Waals surface area (Å²) in [7, 11) is 0. The fourth-order valence-corrected chi connectivity index (χ4v) is 1.42. The third-order valence-corrected chi connectivity index (χ3v) is 2.45. The van der Waals surface area contributed by atoms with Crippen molar-refractivity contribution in [3.63, 3.8) is 0 Å². The van der Waals surface area contributed by atoms with Gasteiger partial charge in [0.05, 0.1) is 6.54 Å². The maximum absolute atomic E-state index is 11.3. The van der Waals surface area contributed by atoms with Gasteiger partial charge in [-0.05, 0) is 37.1 Å². The van der Waals surface area contributed by atoms with E-state index in [4.69, 9.17) is 11.5 Å². The number of nitrogens with two attached hydrogens (primary N) is 2. The van der Waals surface area contributed by atoms with E-state index in [1.54, 1.807) is 18.7 Å². The first-order valence-corrected chi connectivity index (χ1v) is 5.83. The molecule has 1 aromatic carbocycles. The second-order valence-corrected chi connectivity index (χ2v) is 3.93. The van der Waals surface area contributed by atoms with Gasteiger partial charge in [0.1, 0.15) is 0 Å². The molecule has 5 heteroatoms. The largest absolute Gasteiger partial charge is 0.366 e. The highest BCUT2D eigenvalue weighted by molar-refractivity contribution is 5.92. The number of benzene rings is 1. The quantitative estimate of drug-likeness (QED) is 0.649. The topological polar surface area (TPSA) is 98.2 Å². The third kappa shape index (κ3) is 4.97. The molecule has 97 valence electrons. The Labute approximate surface area is 107 Å². The van der Waals surface area contributed by atoms with Gasteiger partial charge in [0.2, 0.25) is 11.8 Å². The zero-order chi connectivity index (χ0) is 13.4. The highest BCUT2D eigenvalue weighted by Gasteiger charge is 2.02. The molecule has 18 heavy (non-hydrogen) atoms. The van der Waals surface area contributed by atoms with Crippen LogP contribution in [0.25, 0.3) is 0 Å². The highest BCUT2D eigenvalue weighted by atomic mass is 16.1. The van der Waals surface area contributed by atoms with Crippen LogP contribution < -0.4 is 16.8 Å². The molecule has 2 amide bonds. The van der Waals surface area contributed by atoms with Gasteiger partial charge in [-0.3, -0.25) is 9.59 Å². The van der Waals surface area contributed by atoms with E-state index < -0.39 is 5.91 Å². The summed E-state index contributed by atoms with van der Waals surface area (Å²) in [5.41, 5.74) is 11.9. The van der Waals surface area contributed by atoms with Crippen LogP contribution in [0.15, 0.2) is 24.3 Å². The van der Waals surface area contributed by atoms with Crippen molar-refractivity contribution in [3.8, 4) is 0 Å². The maximum atomic E-state index is 11.3. The molecule has 1 rings (SSSR count). The number of carbonyl (C=O) groups excluding carboxylic acids is 2. The Bertz CT molecular complexity index is 401. The molecule has 0 atom stereocenters. The molecule has 0 saturated heterocycles.